The molecule has 1 aliphatic rings. The second-order valence-electron chi connectivity index (χ2n) is 7.16. The molecule has 1 saturated heterocycles. The SMILES string of the molecule is Cc1cccc(NC(=O)c2ccccc2NC(=O)CSc2nnc(N3CCOCC3)s2)c1. The molecule has 2 aromatic carbocycles. The van der Waals surface area contributed by atoms with Crippen molar-refractivity contribution in [2.45, 2.75) is 11.3 Å². The van der Waals surface area contributed by atoms with Crippen molar-refractivity contribution in [3.63, 3.8) is 0 Å². The number of aromatic nitrogens is 2. The van der Waals surface area contributed by atoms with E-state index in [0.717, 1.165) is 28.1 Å². The van der Waals surface area contributed by atoms with Gasteiger partial charge in [-0.2, -0.15) is 0 Å². The van der Waals surface area contributed by atoms with Crippen LogP contribution >= 0.6 is 23.1 Å². The van der Waals surface area contributed by atoms with Gasteiger partial charge in [0.25, 0.3) is 5.91 Å². The Kier molecular flexibility index (Phi) is 7.35. The Morgan fingerprint density at radius 3 is 2.72 bits per heavy atom. The minimum Gasteiger partial charge on any atom is -0.378 e. The molecule has 0 atom stereocenters. The van der Waals surface area contributed by atoms with E-state index < -0.39 is 0 Å². The first-order chi connectivity index (χ1) is 15.6. The van der Waals surface area contributed by atoms with Crippen molar-refractivity contribution >= 4 is 51.4 Å². The molecule has 0 saturated carbocycles. The molecule has 0 spiro atoms. The molecule has 4 rings (SSSR count). The lowest BCUT2D eigenvalue weighted by molar-refractivity contribution is -0.113. The molecule has 1 aromatic heterocycles. The maximum absolute atomic E-state index is 12.8. The number of para-hydroxylation sites is 1. The summed E-state index contributed by atoms with van der Waals surface area (Å²) >= 11 is 2.79. The Balaban J connectivity index is 1.34. The normalized spacial score (nSPS) is 13.6. The van der Waals surface area contributed by atoms with Gasteiger partial charge in [-0.05, 0) is 36.8 Å². The van der Waals surface area contributed by atoms with Crippen LogP contribution < -0.4 is 15.5 Å². The number of hydrogen-bond acceptors (Lipinski definition) is 8. The fraction of sp³-hybridized carbons (Fsp3) is 0.273. The highest BCUT2D eigenvalue weighted by Crippen LogP contribution is 2.28. The number of rotatable bonds is 7. The van der Waals surface area contributed by atoms with E-state index in [1.807, 2.05) is 31.2 Å². The minimum absolute atomic E-state index is 0.172. The van der Waals surface area contributed by atoms with Gasteiger partial charge >= 0.3 is 0 Å². The summed E-state index contributed by atoms with van der Waals surface area (Å²) in [7, 11) is 0. The summed E-state index contributed by atoms with van der Waals surface area (Å²) in [5.41, 5.74) is 2.63. The number of hydrogen-bond donors (Lipinski definition) is 2. The van der Waals surface area contributed by atoms with Gasteiger partial charge in [0.2, 0.25) is 11.0 Å². The highest BCUT2D eigenvalue weighted by molar-refractivity contribution is 8.01. The summed E-state index contributed by atoms with van der Waals surface area (Å²) in [4.78, 5) is 27.4. The van der Waals surface area contributed by atoms with E-state index in [2.05, 4.69) is 25.7 Å². The van der Waals surface area contributed by atoms with Crippen LogP contribution in [0.25, 0.3) is 0 Å². The van der Waals surface area contributed by atoms with Crippen molar-refractivity contribution in [3.8, 4) is 0 Å². The maximum atomic E-state index is 12.8. The van der Waals surface area contributed by atoms with Gasteiger partial charge < -0.3 is 20.3 Å². The van der Waals surface area contributed by atoms with E-state index in [9.17, 15) is 9.59 Å². The average Bonchev–Trinajstić information content (AvgIpc) is 3.28. The number of amides is 2. The third-order valence-electron chi connectivity index (χ3n) is 4.73. The largest absolute Gasteiger partial charge is 0.378 e. The molecule has 32 heavy (non-hydrogen) atoms. The fourth-order valence-electron chi connectivity index (χ4n) is 3.17. The van der Waals surface area contributed by atoms with Crippen molar-refractivity contribution in [1.82, 2.24) is 10.2 Å². The lowest BCUT2D eigenvalue weighted by Crippen LogP contribution is -2.36. The molecule has 0 radical (unpaired) electrons. The quantitative estimate of drug-likeness (QED) is 0.510. The molecule has 0 unspecified atom stereocenters. The molecule has 1 fully saturated rings. The van der Waals surface area contributed by atoms with E-state index in [4.69, 9.17) is 4.74 Å². The van der Waals surface area contributed by atoms with Gasteiger partial charge in [-0.25, -0.2) is 0 Å². The molecule has 8 nitrogen and oxygen atoms in total. The van der Waals surface area contributed by atoms with E-state index in [1.54, 1.807) is 24.3 Å². The topological polar surface area (TPSA) is 96.5 Å². The zero-order chi connectivity index (χ0) is 22.3. The van der Waals surface area contributed by atoms with Crippen LogP contribution in [0, 0.1) is 6.92 Å². The van der Waals surface area contributed by atoms with Crippen molar-refractivity contribution in [3.05, 3.63) is 59.7 Å². The molecule has 0 aliphatic carbocycles. The van der Waals surface area contributed by atoms with Gasteiger partial charge in [-0.15, -0.1) is 10.2 Å². The van der Waals surface area contributed by atoms with Crippen LogP contribution in [-0.2, 0) is 9.53 Å². The van der Waals surface area contributed by atoms with Crippen LogP contribution in [0.3, 0.4) is 0 Å². The highest BCUT2D eigenvalue weighted by atomic mass is 32.2. The number of morpholine rings is 1. The number of benzene rings is 2. The second kappa shape index (κ2) is 10.6. The monoisotopic (exact) mass is 469 g/mol. The zero-order valence-corrected chi connectivity index (χ0v) is 19.2. The Morgan fingerprint density at radius 2 is 1.91 bits per heavy atom. The molecule has 0 bridgehead atoms. The van der Waals surface area contributed by atoms with Crippen LogP contribution in [0.5, 0.6) is 0 Å². The summed E-state index contributed by atoms with van der Waals surface area (Å²) in [6, 6.07) is 14.5. The molecule has 2 N–H and O–H groups in total. The van der Waals surface area contributed by atoms with Crippen LogP contribution in [-0.4, -0.2) is 54.1 Å². The summed E-state index contributed by atoms with van der Waals surface area (Å²) < 4.78 is 6.09. The van der Waals surface area contributed by atoms with Crippen LogP contribution in [0.1, 0.15) is 15.9 Å². The smallest absolute Gasteiger partial charge is 0.257 e. The Hall–Kier alpha value is -2.95. The third kappa shape index (κ3) is 5.84. The highest BCUT2D eigenvalue weighted by Gasteiger charge is 2.17. The molecule has 1 aliphatic heterocycles. The van der Waals surface area contributed by atoms with Crippen LogP contribution in [0.4, 0.5) is 16.5 Å². The van der Waals surface area contributed by atoms with Gasteiger partial charge in [0.1, 0.15) is 0 Å². The summed E-state index contributed by atoms with van der Waals surface area (Å²) in [5.74, 6) is -0.321. The predicted octanol–water partition coefficient (Wildman–Crippen LogP) is 3.67. The molecular weight excluding hydrogens is 446 g/mol. The number of nitrogens with one attached hydrogen (secondary N) is 2. The third-order valence-corrected chi connectivity index (χ3v) is 6.84. The van der Waals surface area contributed by atoms with Crippen molar-refractivity contribution in [2.24, 2.45) is 0 Å². The van der Waals surface area contributed by atoms with Gasteiger partial charge in [0.15, 0.2) is 4.34 Å². The fourth-order valence-corrected chi connectivity index (χ4v) is 4.86. The number of nitrogens with zero attached hydrogens (tertiary/aromatic N) is 3. The van der Waals surface area contributed by atoms with Crippen LogP contribution in [0.15, 0.2) is 52.9 Å². The second-order valence-corrected chi connectivity index (χ2v) is 9.33. The minimum atomic E-state index is -0.279. The standard InChI is InChI=1S/C22H23N5O3S2/c1-15-5-4-6-16(13-15)23-20(29)17-7-2-3-8-18(17)24-19(28)14-31-22-26-25-21(32-22)27-9-11-30-12-10-27/h2-8,13H,9-12,14H2,1H3,(H,23,29)(H,24,28). The molecule has 10 heteroatoms. The summed E-state index contributed by atoms with van der Waals surface area (Å²) in [5, 5.41) is 15.0. The van der Waals surface area contributed by atoms with Crippen molar-refractivity contribution in [2.75, 3.05) is 47.6 Å². The summed E-state index contributed by atoms with van der Waals surface area (Å²) in [6.45, 7) is 4.91. The van der Waals surface area contributed by atoms with Gasteiger partial charge in [0, 0.05) is 18.8 Å². The first-order valence-corrected chi connectivity index (χ1v) is 11.9. The van der Waals surface area contributed by atoms with E-state index in [1.165, 1.54) is 23.1 Å². The Bertz CT molecular complexity index is 1100. The lowest BCUT2D eigenvalue weighted by Gasteiger charge is -2.25. The summed E-state index contributed by atoms with van der Waals surface area (Å²) in [6.07, 6.45) is 0. The van der Waals surface area contributed by atoms with Crippen molar-refractivity contribution in [1.29, 1.82) is 0 Å². The van der Waals surface area contributed by atoms with Gasteiger partial charge in [-0.3, -0.25) is 9.59 Å². The number of aryl methyl sites for hydroxylation is 1. The van der Waals surface area contributed by atoms with E-state index in [-0.39, 0.29) is 17.6 Å². The zero-order valence-electron chi connectivity index (χ0n) is 17.5. The lowest BCUT2D eigenvalue weighted by atomic mass is 10.1. The van der Waals surface area contributed by atoms with Gasteiger partial charge in [-0.1, -0.05) is 47.4 Å². The molecule has 2 amide bonds. The Labute approximate surface area is 194 Å². The predicted molar refractivity (Wildman–Crippen MR) is 128 cm³/mol. The first kappa shape index (κ1) is 22.3. The number of carbonyl (C=O) groups excluding carboxylic acids is 2. The molecule has 3 aromatic rings. The average molecular weight is 470 g/mol. The van der Waals surface area contributed by atoms with Gasteiger partial charge in [0.05, 0.1) is 30.2 Å². The Morgan fingerprint density at radius 1 is 1.09 bits per heavy atom. The first-order valence-electron chi connectivity index (χ1n) is 10.1. The van der Waals surface area contributed by atoms with Crippen molar-refractivity contribution < 1.29 is 14.3 Å². The number of carbonyl (C=O) groups is 2. The molecule has 166 valence electrons. The molecular formula is C22H23N5O3S2. The molecule has 2 heterocycles. The number of thioether (sulfide) groups is 1. The van der Waals surface area contributed by atoms with Crippen LogP contribution in [0.2, 0.25) is 0 Å². The number of anilines is 3. The number of ether oxygens (including phenoxy) is 1. The van der Waals surface area contributed by atoms with E-state index >= 15 is 0 Å². The van der Waals surface area contributed by atoms with E-state index in [0.29, 0.717) is 30.2 Å². The maximum Gasteiger partial charge on any atom is 0.257 e.